The Labute approximate surface area is 156 Å². The van der Waals surface area contributed by atoms with Crippen molar-refractivity contribution in [2.24, 2.45) is 0 Å². The Balaban J connectivity index is 1.85. The summed E-state index contributed by atoms with van der Waals surface area (Å²) in [6, 6.07) is 15.0. The number of halogens is 1. The molecule has 1 aliphatic rings. The molecule has 4 nitrogen and oxygen atoms in total. The zero-order chi connectivity index (χ0) is 17.8. The lowest BCUT2D eigenvalue weighted by molar-refractivity contribution is -0.141. The van der Waals surface area contributed by atoms with Crippen molar-refractivity contribution in [1.29, 1.82) is 0 Å². The Bertz CT molecular complexity index is 791. The Kier molecular flexibility index (Phi) is 5.53. The Morgan fingerprint density at radius 2 is 1.92 bits per heavy atom. The number of carbonyl (C=O) groups is 2. The molecule has 0 aliphatic carbocycles. The van der Waals surface area contributed by atoms with E-state index in [-0.39, 0.29) is 11.8 Å². The molecule has 25 heavy (non-hydrogen) atoms. The third-order valence-electron chi connectivity index (χ3n) is 4.45. The van der Waals surface area contributed by atoms with Crippen molar-refractivity contribution in [3.05, 3.63) is 69.7 Å². The summed E-state index contributed by atoms with van der Waals surface area (Å²) in [6.07, 6.45) is 1.19. The summed E-state index contributed by atoms with van der Waals surface area (Å²) in [4.78, 5) is 27.2. The van der Waals surface area contributed by atoms with E-state index in [9.17, 15) is 9.59 Å². The molecule has 5 heteroatoms. The van der Waals surface area contributed by atoms with Crippen LogP contribution in [0.25, 0.3) is 0 Å². The summed E-state index contributed by atoms with van der Waals surface area (Å²) in [5.74, 6) is -0.119. The highest BCUT2D eigenvalue weighted by Crippen LogP contribution is 2.31. The van der Waals surface area contributed by atoms with E-state index in [4.69, 9.17) is 0 Å². The van der Waals surface area contributed by atoms with Gasteiger partial charge in [-0.3, -0.25) is 9.59 Å². The zero-order valence-corrected chi connectivity index (χ0v) is 15.8. The lowest BCUT2D eigenvalue weighted by atomic mass is 9.91. The molecule has 2 aromatic carbocycles. The van der Waals surface area contributed by atoms with Crippen LogP contribution in [0.15, 0.2) is 53.0 Å². The first-order valence-corrected chi connectivity index (χ1v) is 9.29. The van der Waals surface area contributed by atoms with Crippen LogP contribution in [-0.2, 0) is 22.6 Å². The van der Waals surface area contributed by atoms with E-state index in [1.54, 1.807) is 4.90 Å². The maximum Gasteiger partial charge on any atom is 0.247 e. The van der Waals surface area contributed by atoms with E-state index < -0.39 is 6.04 Å². The molecule has 0 fully saturated rings. The number of nitrogens with one attached hydrogen (secondary N) is 1. The van der Waals surface area contributed by atoms with Crippen molar-refractivity contribution in [3.63, 3.8) is 0 Å². The predicted octanol–water partition coefficient (Wildman–Crippen LogP) is 3.60. The molecule has 0 saturated heterocycles. The molecule has 1 heterocycles. The first kappa shape index (κ1) is 17.7. The van der Waals surface area contributed by atoms with Gasteiger partial charge in [0.05, 0.1) is 6.42 Å². The highest BCUT2D eigenvalue weighted by molar-refractivity contribution is 9.10. The van der Waals surface area contributed by atoms with E-state index in [2.05, 4.69) is 21.2 Å². The largest absolute Gasteiger partial charge is 0.350 e. The number of amides is 2. The van der Waals surface area contributed by atoms with Gasteiger partial charge in [0.2, 0.25) is 11.8 Å². The number of fused-ring (bicyclic) bond motifs is 1. The SMILES string of the molecule is CCCN1C(=O)Cc2ccccc2[C@H]1C(=O)NCc1ccccc1Br. The van der Waals surface area contributed by atoms with Gasteiger partial charge in [0.15, 0.2) is 0 Å². The quantitative estimate of drug-likeness (QED) is 0.833. The van der Waals surface area contributed by atoms with Crippen LogP contribution in [0.4, 0.5) is 0 Å². The topological polar surface area (TPSA) is 49.4 Å². The molecule has 130 valence electrons. The van der Waals surface area contributed by atoms with Gasteiger partial charge >= 0.3 is 0 Å². The summed E-state index contributed by atoms with van der Waals surface area (Å²) < 4.78 is 0.959. The van der Waals surface area contributed by atoms with Crippen LogP contribution in [-0.4, -0.2) is 23.3 Å². The summed E-state index contributed by atoms with van der Waals surface area (Å²) in [6.45, 7) is 3.03. The lowest BCUT2D eigenvalue weighted by Gasteiger charge is -2.36. The molecule has 1 N–H and O–H groups in total. The van der Waals surface area contributed by atoms with E-state index in [0.717, 1.165) is 27.6 Å². The van der Waals surface area contributed by atoms with Gasteiger partial charge in [0.25, 0.3) is 0 Å². The van der Waals surface area contributed by atoms with Gasteiger partial charge in [-0.25, -0.2) is 0 Å². The monoisotopic (exact) mass is 400 g/mol. The molecule has 3 rings (SSSR count). The van der Waals surface area contributed by atoms with Crippen LogP contribution < -0.4 is 5.32 Å². The summed E-state index contributed by atoms with van der Waals surface area (Å²) in [5.41, 5.74) is 2.88. The van der Waals surface area contributed by atoms with Gasteiger partial charge in [0, 0.05) is 17.6 Å². The van der Waals surface area contributed by atoms with Crippen molar-refractivity contribution in [2.45, 2.75) is 32.4 Å². The molecule has 0 saturated carbocycles. The summed E-state index contributed by atoms with van der Waals surface area (Å²) in [5, 5.41) is 3.00. The molecular weight excluding hydrogens is 380 g/mol. The van der Waals surface area contributed by atoms with E-state index in [0.29, 0.717) is 19.5 Å². The van der Waals surface area contributed by atoms with Gasteiger partial charge in [-0.2, -0.15) is 0 Å². The van der Waals surface area contributed by atoms with Crippen LogP contribution in [0.2, 0.25) is 0 Å². The fourth-order valence-corrected chi connectivity index (χ4v) is 3.66. The molecule has 2 aromatic rings. The maximum atomic E-state index is 13.0. The van der Waals surface area contributed by atoms with Crippen molar-refractivity contribution in [2.75, 3.05) is 6.54 Å². The number of rotatable bonds is 5. The fraction of sp³-hybridized carbons (Fsp3) is 0.300. The Hall–Kier alpha value is -2.14. The average Bonchev–Trinajstić information content (AvgIpc) is 2.61. The number of carbonyl (C=O) groups excluding carboxylic acids is 2. The third-order valence-corrected chi connectivity index (χ3v) is 5.22. The van der Waals surface area contributed by atoms with Crippen LogP contribution >= 0.6 is 15.9 Å². The van der Waals surface area contributed by atoms with Gasteiger partial charge < -0.3 is 10.2 Å². The summed E-state index contributed by atoms with van der Waals surface area (Å²) >= 11 is 3.50. The number of benzene rings is 2. The first-order chi connectivity index (χ1) is 12.1. The minimum atomic E-state index is -0.556. The normalized spacial score (nSPS) is 16.5. The molecule has 0 unspecified atom stereocenters. The van der Waals surface area contributed by atoms with E-state index >= 15 is 0 Å². The van der Waals surface area contributed by atoms with Crippen molar-refractivity contribution >= 4 is 27.7 Å². The highest BCUT2D eigenvalue weighted by Gasteiger charge is 2.36. The fourth-order valence-electron chi connectivity index (χ4n) is 3.24. The number of nitrogens with zero attached hydrogens (tertiary/aromatic N) is 1. The molecule has 0 radical (unpaired) electrons. The minimum absolute atomic E-state index is 0.0154. The lowest BCUT2D eigenvalue weighted by Crippen LogP contribution is -2.47. The minimum Gasteiger partial charge on any atom is -0.350 e. The van der Waals surface area contributed by atoms with Crippen molar-refractivity contribution in [1.82, 2.24) is 10.2 Å². The van der Waals surface area contributed by atoms with Crippen LogP contribution in [0.1, 0.15) is 36.1 Å². The van der Waals surface area contributed by atoms with Gasteiger partial charge in [-0.15, -0.1) is 0 Å². The molecule has 1 aliphatic heterocycles. The Morgan fingerprint density at radius 3 is 2.68 bits per heavy atom. The van der Waals surface area contributed by atoms with Gasteiger partial charge in [-0.1, -0.05) is 65.3 Å². The smallest absolute Gasteiger partial charge is 0.247 e. The summed E-state index contributed by atoms with van der Waals surface area (Å²) in [7, 11) is 0. The predicted molar refractivity (Wildman–Crippen MR) is 101 cm³/mol. The maximum absolute atomic E-state index is 13.0. The highest BCUT2D eigenvalue weighted by atomic mass is 79.9. The number of hydrogen-bond acceptors (Lipinski definition) is 2. The zero-order valence-electron chi connectivity index (χ0n) is 14.2. The second-order valence-electron chi connectivity index (χ2n) is 6.17. The van der Waals surface area contributed by atoms with E-state index in [1.165, 1.54) is 0 Å². The van der Waals surface area contributed by atoms with Crippen LogP contribution in [0.5, 0.6) is 0 Å². The standard InChI is InChI=1S/C20H21BrN2O2/c1-2-11-23-18(24)12-14-7-3-5-9-16(14)19(23)20(25)22-13-15-8-4-6-10-17(15)21/h3-10,19H,2,11-13H2,1H3,(H,22,25)/t19-/m0/s1. The first-order valence-electron chi connectivity index (χ1n) is 8.50. The van der Waals surface area contributed by atoms with E-state index in [1.807, 2.05) is 55.5 Å². The number of hydrogen-bond donors (Lipinski definition) is 1. The van der Waals surface area contributed by atoms with Crippen molar-refractivity contribution in [3.8, 4) is 0 Å². The third kappa shape index (κ3) is 3.76. The molecule has 0 spiro atoms. The molecule has 1 atom stereocenters. The Morgan fingerprint density at radius 1 is 1.20 bits per heavy atom. The molecule has 0 aromatic heterocycles. The second-order valence-corrected chi connectivity index (χ2v) is 7.03. The van der Waals surface area contributed by atoms with Crippen LogP contribution in [0.3, 0.4) is 0 Å². The molecule has 2 amide bonds. The van der Waals surface area contributed by atoms with Crippen LogP contribution in [0, 0.1) is 0 Å². The average molecular weight is 401 g/mol. The van der Waals surface area contributed by atoms with Gasteiger partial charge in [-0.05, 0) is 29.2 Å². The van der Waals surface area contributed by atoms with Gasteiger partial charge in [0.1, 0.15) is 6.04 Å². The molecule has 0 bridgehead atoms. The second kappa shape index (κ2) is 7.83. The van der Waals surface area contributed by atoms with Crippen molar-refractivity contribution < 1.29 is 9.59 Å². The molecular formula is C20H21BrN2O2.